The molecule has 0 saturated carbocycles. The number of nitrogens with zero attached hydrogens (tertiary/aromatic N) is 1. The summed E-state index contributed by atoms with van der Waals surface area (Å²) < 4.78 is 0. The van der Waals surface area contributed by atoms with E-state index in [1.54, 1.807) is 6.07 Å². The number of fused-ring (bicyclic) bond motifs is 1. The van der Waals surface area contributed by atoms with Crippen LogP contribution in [0, 0.1) is 0 Å². The van der Waals surface area contributed by atoms with Crippen LogP contribution >= 0.6 is 0 Å². The summed E-state index contributed by atoms with van der Waals surface area (Å²) in [4.78, 5) is 37.0. The van der Waals surface area contributed by atoms with Crippen molar-refractivity contribution < 1.29 is 14.4 Å². The second kappa shape index (κ2) is 5.27. The predicted octanol–water partition coefficient (Wildman–Crippen LogP) is -0.589. The van der Waals surface area contributed by atoms with Crippen LogP contribution in [-0.2, 0) is 22.7 Å². The lowest BCUT2D eigenvalue weighted by molar-refractivity contribution is -0.136. The Morgan fingerprint density at radius 1 is 1.33 bits per heavy atom. The Labute approximate surface area is 121 Å². The number of rotatable bonds is 3. The van der Waals surface area contributed by atoms with Crippen molar-refractivity contribution in [3.8, 4) is 0 Å². The van der Waals surface area contributed by atoms with E-state index >= 15 is 0 Å². The molecule has 21 heavy (non-hydrogen) atoms. The molecule has 2 heterocycles. The van der Waals surface area contributed by atoms with Crippen molar-refractivity contribution in [2.45, 2.75) is 32.0 Å². The molecule has 0 bridgehead atoms. The number of carbonyl (C=O) groups excluding carboxylic acids is 3. The van der Waals surface area contributed by atoms with Gasteiger partial charge in [-0.2, -0.15) is 0 Å². The lowest BCUT2D eigenvalue weighted by atomic mass is 10.0. The van der Waals surface area contributed by atoms with E-state index in [1.165, 1.54) is 4.90 Å². The molecule has 1 atom stereocenters. The number of nitrogens with one attached hydrogen (secondary N) is 2. The topological polar surface area (TPSA) is 105 Å². The number of imide groups is 1. The lowest BCUT2D eigenvalue weighted by Gasteiger charge is -2.29. The van der Waals surface area contributed by atoms with Crippen LogP contribution < -0.4 is 16.6 Å². The monoisotopic (exact) mass is 288 g/mol. The quantitative estimate of drug-likeness (QED) is 0.392. The van der Waals surface area contributed by atoms with Crippen molar-refractivity contribution in [1.29, 1.82) is 0 Å². The second-order valence-electron chi connectivity index (χ2n) is 5.27. The van der Waals surface area contributed by atoms with E-state index in [1.807, 2.05) is 12.1 Å². The number of hydrogen-bond acceptors (Lipinski definition) is 5. The molecule has 7 nitrogen and oxygen atoms in total. The molecule has 0 radical (unpaired) electrons. The highest BCUT2D eigenvalue weighted by Gasteiger charge is 2.38. The summed E-state index contributed by atoms with van der Waals surface area (Å²) in [6, 6.07) is 4.94. The molecule has 7 heteroatoms. The van der Waals surface area contributed by atoms with Crippen LogP contribution in [0.1, 0.15) is 34.3 Å². The van der Waals surface area contributed by atoms with E-state index in [4.69, 9.17) is 5.84 Å². The molecular formula is C14H16N4O3. The van der Waals surface area contributed by atoms with Crippen molar-refractivity contribution in [2.75, 3.05) is 0 Å². The Kier molecular flexibility index (Phi) is 3.44. The van der Waals surface area contributed by atoms with Crippen molar-refractivity contribution in [1.82, 2.24) is 15.6 Å². The Morgan fingerprint density at radius 3 is 2.86 bits per heavy atom. The van der Waals surface area contributed by atoms with E-state index in [0.29, 0.717) is 25.1 Å². The minimum Gasteiger partial charge on any atom is -0.322 e. The van der Waals surface area contributed by atoms with Gasteiger partial charge in [0.05, 0.1) is 0 Å². The first-order valence-electron chi connectivity index (χ1n) is 6.80. The summed E-state index contributed by atoms with van der Waals surface area (Å²) in [7, 11) is 0. The molecule has 1 fully saturated rings. The molecule has 2 aliphatic rings. The zero-order valence-electron chi connectivity index (χ0n) is 11.4. The van der Waals surface area contributed by atoms with Gasteiger partial charge in [0.1, 0.15) is 6.04 Å². The van der Waals surface area contributed by atoms with Gasteiger partial charge in [-0.05, 0) is 23.6 Å². The highest BCUT2D eigenvalue weighted by atomic mass is 16.2. The minimum absolute atomic E-state index is 0.160. The molecule has 1 aromatic rings. The fraction of sp³-hybridized carbons (Fsp3) is 0.357. The van der Waals surface area contributed by atoms with Gasteiger partial charge in [-0.3, -0.25) is 31.0 Å². The number of hydrazine groups is 1. The highest BCUT2D eigenvalue weighted by molar-refractivity contribution is 6.05. The highest BCUT2D eigenvalue weighted by Crippen LogP contribution is 2.28. The first-order chi connectivity index (χ1) is 10.1. The number of hydrogen-bond donors (Lipinski definition) is 3. The summed E-state index contributed by atoms with van der Waals surface area (Å²) in [5, 5.41) is 2.29. The first-order valence-corrected chi connectivity index (χ1v) is 6.80. The third-order valence-corrected chi connectivity index (χ3v) is 3.89. The van der Waals surface area contributed by atoms with Crippen LogP contribution in [0.5, 0.6) is 0 Å². The third-order valence-electron chi connectivity index (χ3n) is 3.89. The van der Waals surface area contributed by atoms with Gasteiger partial charge >= 0.3 is 0 Å². The largest absolute Gasteiger partial charge is 0.322 e. The van der Waals surface area contributed by atoms with Gasteiger partial charge in [-0.25, -0.2) is 0 Å². The fourth-order valence-electron chi connectivity index (χ4n) is 2.86. The Bertz CT molecular complexity index is 629. The standard InChI is InChI=1S/C14H16N4O3/c15-16-6-8-1-2-10-9(5-8)7-18(14(10)21)11-3-4-12(19)17-13(11)20/h1-2,5,11,16H,3-4,6-7,15H2,(H,17,19,20). The SMILES string of the molecule is NNCc1ccc2c(c1)CN(C1CCC(=O)NC1=O)C2=O. The number of piperidine rings is 1. The van der Waals surface area contributed by atoms with Crippen molar-refractivity contribution >= 4 is 17.7 Å². The maximum atomic E-state index is 12.4. The zero-order valence-corrected chi connectivity index (χ0v) is 11.4. The van der Waals surface area contributed by atoms with Crippen molar-refractivity contribution in [3.05, 3.63) is 34.9 Å². The maximum absolute atomic E-state index is 12.4. The number of nitrogens with two attached hydrogens (primary N) is 1. The number of amides is 3. The van der Waals surface area contributed by atoms with Gasteiger partial charge in [-0.1, -0.05) is 12.1 Å². The van der Waals surface area contributed by atoms with Gasteiger partial charge in [-0.15, -0.1) is 0 Å². The Balaban J connectivity index is 1.83. The van der Waals surface area contributed by atoms with Crippen LogP contribution in [-0.4, -0.2) is 28.7 Å². The van der Waals surface area contributed by atoms with Crippen LogP contribution in [0.4, 0.5) is 0 Å². The van der Waals surface area contributed by atoms with Gasteiger partial charge in [0, 0.05) is 25.1 Å². The number of benzene rings is 1. The van der Waals surface area contributed by atoms with Crippen molar-refractivity contribution in [3.63, 3.8) is 0 Å². The average molecular weight is 288 g/mol. The molecule has 4 N–H and O–H groups in total. The molecule has 1 aromatic carbocycles. The van der Waals surface area contributed by atoms with E-state index in [2.05, 4.69) is 10.7 Å². The molecule has 3 rings (SSSR count). The van der Waals surface area contributed by atoms with E-state index in [9.17, 15) is 14.4 Å². The van der Waals surface area contributed by atoms with E-state index < -0.39 is 11.9 Å². The van der Waals surface area contributed by atoms with Crippen LogP contribution in [0.2, 0.25) is 0 Å². The molecule has 0 aliphatic carbocycles. The molecule has 2 aliphatic heterocycles. The average Bonchev–Trinajstić information content (AvgIpc) is 2.76. The molecule has 0 spiro atoms. The van der Waals surface area contributed by atoms with E-state index in [-0.39, 0.29) is 18.2 Å². The normalized spacial score (nSPS) is 21.5. The van der Waals surface area contributed by atoms with Gasteiger partial charge in [0.25, 0.3) is 5.91 Å². The predicted molar refractivity (Wildman–Crippen MR) is 73.5 cm³/mol. The van der Waals surface area contributed by atoms with Gasteiger partial charge in [0.2, 0.25) is 11.8 Å². The van der Waals surface area contributed by atoms with Crippen molar-refractivity contribution in [2.24, 2.45) is 5.84 Å². The van der Waals surface area contributed by atoms with Gasteiger partial charge < -0.3 is 4.90 Å². The summed E-state index contributed by atoms with van der Waals surface area (Å²) in [6.07, 6.45) is 0.639. The molecule has 1 unspecified atom stereocenters. The van der Waals surface area contributed by atoms with Crippen LogP contribution in [0.3, 0.4) is 0 Å². The van der Waals surface area contributed by atoms with Gasteiger partial charge in [0.15, 0.2) is 0 Å². The Morgan fingerprint density at radius 2 is 2.14 bits per heavy atom. The lowest BCUT2D eigenvalue weighted by Crippen LogP contribution is -2.52. The Hall–Kier alpha value is -2.25. The first kappa shape index (κ1) is 13.7. The van der Waals surface area contributed by atoms with E-state index in [0.717, 1.165) is 11.1 Å². The minimum atomic E-state index is -0.571. The molecule has 110 valence electrons. The summed E-state index contributed by atoms with van der Waals surface area (Å²) in [5.41, 5.74) is 5.05. The third kappa shape index (κ3) is 2.41. The fourth-order valence-corrected chi connectivity index (χ4v) is 2.86. The summed E-state index contributed by atoms with van der Waals surface area (Å²) >= 11 is 0. The second-order valence-corrected chi connectivity index (χ2v) is 5.27. The van der Waals surface area contributed by atoms with Crippen LogP contribution in [0.25, 0.3) is 0 Å². The maximum Gasteiger partial charge on any atom is 0.255 e. The zero-order chi connectivity index (χ0) is 15.0. The molecule has 1 saturated heterocycles. The van der Waals surface area contributed by atoms with Crippen LogP contribution in [0.15, 0.2) is 18.2 Å². The molecule has 3 amide bonds. The molecule has 0 aromatic heterocycles. The summed E-state index contributed by atoms with van der Waals surface area (Å²) in [6.45, 7) is 0.902. The summed E-state index contributed by atoms with van der Waals surface area (Å²) in [5.74, 6) is 4.46. The smallest absolute Gasteiger partial charge is 0.255 e. The number of carbonyl (C=O) groups is 3. The molecular weight excluding hydrogens is 272 g/mol.